The third-order valence-electron chi connectivity index (χ3n) is 5.44. The zero-order valence-corrected chi connectivity index (χ0v) is 19.4. The molecule has 0 amide bonds. The molecule has 1 atom stereocenters. The molecule has 2 heterocycles. The van der Waals surface area contributed by atoms with Crippen LogP contribution in [0.15, 0.2) is 61.6 Å². The minimum Gasteiger partial charge on any atom is -0.382 e. The van der Waals surface area contributed by atoms with Crippen LogP contribution in [0.2, 0.25) is 5.02 Å². The number of aromatic nitrogens is 3. The number of hydrogen-bond donors (Lipinski definition) is 2. The van der Waals surface area contributed by atoms with Gasteiger partial charge in [0.2, 0.25) is 0 Å². The van der Waals surface area contributed by atoms with Crippen LogP contribution in [0, 0.1) is 5.82 Å². The molecule has 0 bridgehead atoms. The van der Waals surface area contributed by atoms with Crippen molar-refractivity contribution < 1.29 is 9.50 Å². The van der Waals surface area contributed by atoms with Crippen molar-refractivity contribution in [3.63, 3.8) is 0 Å². The first-order chi connectivity index (χ1) is 15.7. The maximum atomic E-state index is 14.5. The van der Waals surface area contributed by atoms with Gasteiger partial charge in [0.15, 0.2) is 5.82 Å². The molecule has 0 saturated carbocycles. The van der Waals surface area contributed by atoms with Crippen molar-refractivity contribution in [1.82, 2.24) is 15.0 Å². The molecule has 2 aromatic heterocycles. The van der Waals surface area contributed by atoms with Crippen molar-refractivity contribution in [1.29, 1.82) is 0 Å². The SMILES string of the molecule is C=Cc1ccc(F)c([C@@H](C)Nc2c(Cl)cnc3ccc(-c4cnc(C(C)(C)O)nc4)cc23)c1. The van der Waals surface area contributed by atoms with Gasteiger partial charge in [-0.05, 0) is 56.2 Å². The van der Waals surface area contributed by atoms with E-state index in [0.29, 0.717) is 22.1 Å². The van der Waals surface area contributed by atoms with Gasteiger partial charge in [-0.1, -0.05) is 36.4 Å². The molecule has 0 radical (unpaired) electrons. The van der Waals surface area contributed by atoms with Crippen LogP contribution in [0.5, 0.6) is 0 Å². The van der Waals surface area contributed by atoms with Gasteiger partial charge in [0.1, 0.15) is 11.4 Å². The summed E-state index contributed by atoms with van der Waals surface area (Å²) in [6, 6.07) is 10.3. The van der Waals surface area contributed by atoms with E-state index in [1.165, 1.54) is 6.07 Å². The molecule has 0 saturated heterocycles. The number of nitrogens with zero attached hydrogens (tertiary/aromatic N) is 3. The molecule has 2 N–H and O–H groups in total. The molecular formula is C26H24ClFN4O. The summed E-state index contributed by atoms with van der Waals surface area (Å²) in [5.74, 6) is 0.0385. The lowest BCUT2D eigenvalue weighted by Crippen LogP contribution is -2.19. The third kappa shape index (κ3) is 4.72. The van der Waals surface area contributed by atoms with Crippen LogP contribution in [0.4, 0.5) is 10.1 Å². The Morgan fingerprint density at radius 3 is 2.45 bits per heavy atom. The summed E-state index contributed by atoms with van der Waals surface area (Å²) in [5.41, 5.74) is 3.28. The average molecular weight is 463 g/mol. The van der Waals surface area contributed by atoms with E-state index in [-0.39, 0.29) is 11.9 Å². The number of benzene rings is 2. The molecule has 0 unspecified atom stereocenters. The van der Waals surface area contributed by atoms with Gasteiger partial charge in [-0.25, -0.2) is 14.4 Å². The number of anilines is 1. The van der Waals surface area contributed by atoms with Crippen LogP contribution in [0.3, 0.4) is 0 Å². The number of halogens is 2. The van der Waals surface area contributed by atoms with Crippen LogP contribution in [0.1, 0.15) is 43.8 Å². The van der Waals surface area contributed by atoms with E-state index < -0.39 is 5.60 Å². The highest BCUT2D eigenvalue weighted by atomic mass is 35.5. The quantitative estimate of drug-likeness (QED) is 0.341. The molecule has 0 fully saturated rings. The van der Waals surface area contributed by atoms with Crippen LogP contribution >= 0.6 is 11.6 Å². The molecular weight excluding hydrogens is 439 g/mol. The smallest absolute Gasteiger partial charge is 0.159 e. The summed E-state index contributed by atoms with van der Waals surface area (Å²) < 4.78 is 14.5. The van der Waals surface area contributed by atoms with Crippen LogP contribution < -0.4 is 5.32 Å². The summed E-state index contributed by atoms with van der Waals surface area (Å²) >= 11 is 6.52. The molecule has 0 spiro atoms. The first-order valence-corrected chi connectivity index (χ1v) is 10.9. The van der Waals surface area contributed by atoms with E-state index in [9.17, 15) is 9.50 Å². The molecule has 4 rings (SSSR count). The van der Waals surface area contributed by atoms with Crippen molar-refractivity contribution in [3.05, 3.63) is 89.4 Å². The number of aliphatic hydroxyl groups is 1. The fourth-order valence-electron chi connectivity index (χ4n) is 3.60. The van der Waals surface area contributed by atoms with Gasteiger partial charge < -0.3 is 10.4 Å². The second-order valence-corrected chi connectivity index (χ2v) is 8.83. The third-order valence-corrected chi connectivity index (χ3v) is 5.72. The lowest BCUT2D eigenvalue weighted by atomic mass is 10.0. The fraction of sp³-hybridized carbons (Fsp3) is 0.192. The molecule has 2 aromatic carbocycles. The number of pyridine rings is 1. The zero-order valence-electron chi connectivity index (χ0n) is 18.6. The second kappa shape index (κ2) is 8.89. The molecule has 0 aliphatic rings. The topological polar surface area (TPSA) is 70.9 Å². The first kappa shape index (κ1) is 22.8. The average Bonchev–Trinajstić information content (AvgIpc) is 2.80. The molecule has 33 heavy (non-hydrogen) atoms. The van der Waals surface area contributed by atoms with Crippen molar-refractivity contribution in [3.8, 4) is 11.1 Å². The Bertz CT molecular complexity index is 1330. The normalized spacial score (nSPS) is 12.5. The van der Waals surface area contributed by atoms with Crippen molar-refractivity contribution in [2.45, 2.75) is 32.4 Å². The van der Waals surface area contributed by atoms with E-state index in [1.807, 2.05) is 25.1 Å². The largest absolute Gasteiger partial charge is 0.382 e. The summed E-state index contributed by atoms with van der Waals surface area (Å²) in [5, 5.41) is 14.7. The predicted molar refractivity (Wildman–Crippen MR) is 132 cm³/mol. The van der Waals surface area contributed by atoms with Gasteiger partial charge in [-0.15, -0.1) is 0 Å². The maximum Gasteiger partial charge on any atom is 0.159 e. The van der Waals surface area contributed by atoms with Gasteiger partial charge in [0, 0.05) is 35.1 Å². The fourth-order valence-corrected chi connectivity index (χ4v) is 3.81. The van der Waals surface area contributed by atoms with Crippen LogP contribution in [0.25, 0.3) is 28.1 Å². The van der Waals surface area contributed by atoms with Crippen molar-refractivity contribution in [2.75, 3.05) is 5.32 Å². The summed E-state index contributed by atoms with van der Waals surface area (Å²) in [7, 11) is 0. The highest BCUT2D eigenvalue weighted by molar-refractivity contribution is 6.34. The Kier molecular flexibility index (Phi) is 6.15. The highest BCUT2D eigenvalue weighted by Gasteiger charge is 2.20. The number of rotatable bonds is 6. The summed E-state index contributed by atoms with van der Waals surface area (Å²) in [6.07, 6.45) is 6.61. The van der Waals surface area contributed by atoms with E-state index in [1.54, 1.807) is 50.6 Å². The number of fused-ring (bicyclic) bond motifs is 1. The van der Waals surface area contributed by atoms with E-state index in [4.69, 9.17) is 11.6 Å². The van der Waals surface area contributed by atoms with Crippen molar-refractivity contribution in [2.24, 2.45) is 0 Å². The monoisotopic (exact) mass is 462 g/mol. The number of hydrogen-bond acceptors (Lipinski definition) is 5. The Labute approximate surface area is 197 Å². The second-order valence-electron chi connectivity index (χ2n) is 8.42. The Morgan fingerprint density at radius 1 is 1.06 bits per heavy atom. The highest BCUT2D eigenvalue weighted by Crippen LogP contribution is 2.35. The molecule has 168 valence electrons. The summed E-state index contributed by atoms with van der Waals surface area (Å²) in [4.78, 5) is 13.0. The maximum absolute atomic E-state index is 14.5. The Hall–Kier alpha value is -3.35. The lowest BCUT2D eigenvalue weighted by Gasteiger charge is -2.20. The Balaban J connectivity index is 1.74. The molecule has 0 aliphatic heterocycles. The van der Waals surface area contributed by atoms with Crippen molar-refractivity contribution >= 4 is 34.3 Å². The number of nitrogens with one attached hydrogen (secondary N) is 1. The zero-order chi connectivity index (χ0) is 23.8. The minimum absolute atomic E-state index is 0.306. The standard InChI is InChI=1S/C26H24ClFN4O/c1-5-16-6-8-22(28)19(10-16)15(2)32-24-20-11-17(7-9-23(20)29-14-21(24)27)18-12-30-25(31-13-18)26(3,4)33/h5-15,33H,1H2,2-4H3,(H,29,32)/t15-/m1/s1. The molecule has 5 nitrogen and oxygen atoms in total. The van der Waals surface area contributed by atoms with Gasteiger partial charge in [0.25, 0.3) is 0 Å². The van der Waals surface area contributed by atoms with Crippen LogP contribution in [-0.4, -0.2) is 20.1 Å². The molecule has 7 heteroatoms. The summed E-state index contributed by atoms with van der Waals surface area (Å²) in [6.45, 7) is 8.91. The van der Waals surface area contributed by atoms with Gasteiger partial charge in [0.05, 0.1) is 22.3 Å². The van der Waals surface area contributed by atoms with Gasteiger partial charge >= 0.3 is 0 Å². The van der Waals surface area contributed by atoms with E-state index >= 15 is 0 Å². The first-order valence-electron chi connectivity index (χ1n) is 10.5. The predicted octanol–water partition coefficient (Wildman–Crippen LogP) is 6.53. The minimum atomic E-state index is -1.12. The van der Waals surface area contributed by atoms with Crippen LogP contribution in [-0.2, 0) is 5.60 Å². The lowest BCUT2D eigenvalue weighted by molar-refractivity contribution is 0.0687. The molecule has 4 aromatic rings. The van der Waals surface area contributed by atoms with E-state index in [2.05, 4.69) is 26.8 Å². The Morgan fingerprint density at radius 2 is 1.79 bits per heavy atom. The molecule has 0 aliphatic carbocycles. The van der Waals surface area contributed by atoms with Gasteiger partial charge in [-0.2, -0.15) is 0 Å². The van der Waals surface area contributed by atoms with Gasteiger partial charge in [-0.3, -0.25) is 4.98 Å². The van der Waals surface area contributed by atoms with E-state index in [0.717, 1.165) is 27.6 Å².